The Morgan fingerprint density at radius 3 is 3.24 bits per heavy atom. The lowest BCUT2D eigenvalue weighted by Crippen LogP contribution is -2.41. The fourth-order valence-corrected chi connectivity index (χ4v) is 2.93. The molecule has 1 aromatic heterocycles. The minimum Gasteiger partial charge on any atom is -0.376 e. The summed E-state index contributed by atoms with van der Waals surface area (Å²) in [5.74, 6) is 0. The SMILES string of the molecule is CCNc1ncc(CN2CCOC(CC)C2)s1. The Bertz CT molecular complexity index is 342. The smallest absolute Gasteiger partial charge is 0.182 e. The standard InChI is InChI=1S/C12H21N3OS/c1-3-10-8-15(5-6-16-10)9-11-7-14-12(17-11)13-4-2/h7,10H,3-6,8-9H2,1-2H3,(H,13,14). The molecular weight excluding hydrogens is 234 g/mol. The molecule has 4 nitrogen and oxygen atoms in total. The first kappa shape index (κ1) is 12.8. The first-order chi connectivity index (χ1) is 8.31. The van der Waals surface area contributed by atoms with E-state index in [0.29, 0.717) is 6.10 Å². The van der Waals surface area contributed by atoms with Gasteiger partial charge in [-0.25, -0.2) is 4.98 Å². The highest BCUT2D eigenvalue weighted by atomic mass is 32.1. The first-order valence-electron chi connectivity index (χ1n) is 6.34. The van der Waals surface area contributed by atoms with Gasteiger partial charge in [0.05, 0.1) is 12.7 Å². The van der Waals surface area contributed by atoms with Gasteiger partial charge in [-0.15, -0.1) is 11.3 Å². The van der Waals surface area contributed by atoms with Crippen LogP contribution in [0.1, 0.15) is 25.1 Å². The molecule has 0 amide bonds. The van der Waals surface area contributed by atoms with E-state index in [1.165, 1.54) is 4.88 Å². The van der Waals surface area contributed by atoms with Crippen molar-refractivity contribution in [3.63, 3.8) is 0 Å². The van der Waals surface area contributed by atoms with Crippen LogP contribution in [0.3, 0.4) is 0 Å². The average molecular weight is 255 g/mol. The van der Waals surface area contributed by atoms with E-state index in [2.05, 4.69) is 29.0 Å². The lowest BCUT2D eigenvalue weighted by atomic mass is 10.2. The summed E-state index contributed by atoms with van der Waals surface area (Å²) in [6, 6.07) is 0. The van der Waals surface area contributed by atoms with Gasteiger partial charge in [0.1, 0.15) is 0 Å². The Hall–Kier alpha value is -0.650. The van der Waals surface area contributed by atoms with Crippen molar-refractivity contribution in [1.82, 2.24) is 9.88 Å². The summed E-state index contributed by atoms with van der Waals surface area (Å²) in [6.45, 7) is 9.15. The van der Waals surface area contributed by atoms with Gasteiger partial charge in [-0.2, -0.15) is 0 Å². The molecule has 0 bridgehead atoms. The number of anilines is 1. The monoisotopic (exact) mass is 255 g/mol. The van der Waals surface area contributed by atoms with Crippen LogP contribution in [0.2, 0.25) is 0 Å². The highest BCUT2D eigenvalue weighted by molar-refractivity contribution is 7.15. The van der Waals surface area contributed by atoms with Gasteiger partial charge >= 0.3 is 0 Å². The molecule has 1 aromatic rings. The van der Waals surface area contributed by atoms with E-state index < -0.39 is 0 Å². The molecule has 1 saturated heterocycles. The van der Waals surface area contributed by atoms with Crippen molar-refractivity contribution in [2.45, 2.75) is 32.9 Å². The van der Waals surface area contributed by atoms with Gasteiger partial charge in [0.15, 0.2) is 5.13 Å². The highest BCUT2D eigenvalue weighted by Gasteiger charge is 2.19. The topological polar surface area (TPSA) is 37.4 Å². The Balaban J connectivity index is 1.86. The molecule has 1 aliphatic rings. The van der Waals surface area contributed by atoms with E-state index in [-0.39, 0.29) is 0 Å². The van der Waals surface area contributed by atoms with E-state index >= 15 is 0 Å². The molecule has 2 rings (SSSR count). The van der Waals surface area contributed by atoms with Crippen LogP contribution >= 0.6 is 11.3 Å². The highest BCUT2D eigenvalue weighted by Crippen LogP contribution is 2.20. The van der Waals surface area contributed by atoms with Crippen molar-refractivity contribution in [3.8, 4) is 0 Å². The second-order valence-corrected chi connectivity index (χ2v) is 5.41. The average Bonchev–Trinajstić information content (AvgIpc) is 2.77. The molecular formula is C12H21N3OS. The zero-order valence-corrected chi connectivity index (χ0v) is 11.4. The molecule has 2 heterocycles. The van der Waals surface area contributed by atoms with Gasteiger partial charge in [-0.1, -0.05) is 6.92 Å². The molecule has 1 N–H and O–H groups in total. The third kappa shape index (κ3) is 3.66. The number of ether oxygens (including phenoxy) is 1. The van der Waals surface area contributed by atoms with Gasteiger partial charge in [0.25, 0.3) is 0 Å². The van der Waals surface area contributed by atoms with Crippen LogP contribution in [-0.4, -0.2) is 42.2 Å². The number of thiazole rings is 1. The summed E-state index contributed by atoms with van der Waals surface area (Å²) < 4.78 is 5.67. The van der Waals surface area contributed by atoms with Crippen LogP contribution in [0, 0.1) is 0 Å². The third-order valence-corrected chi connectivity index (χ3v) is 3.88. The first-order valence-corrected chi connectivity index (χ1v) is 7.16. The molecule has 96 valence electrons. The van der Waals surface area contributed by atoms with Gasteiger partial charge in [0, 0.05) is 37.3 Å². The summed E-state index contributed by atoms with van der Waals surface area (Å²) in [6.07, 6.45) is 3.49. The number of rotatable bonds is 5. The molecule has 0 spiro atoms. The van der Waals surface area contributed by atoms with Crippen LogP contribution < -0.4 is 5.32 Å². The number of morpholine rings is 1. The molecule has 17 heavy (non-hydrogen) atoms. The van der Waals surface area contributed by atoms with E-state index in [4.69, 9.17) is 4.74 Å². The van der Waals surface area contributed by atoms with Crippen molar-refractivity contribution in [2.75, 3.05) is 31.6 Å². The minimum atomic E-state index is 0.407. The number of hydrogen-bond donors (Lipinski definition) is 1. The maximum Gasteiger partial charge on any atom is 0.182 e. The molecule has 0 aromatic carbocycles. The van der Waals surface area contributed by atoms with Crippen LogP contribution in [0.5, 0.6) is 0 Å². The van der Waals surface area contributed by atoms with E-state index in [1.54, 1.807) is 11.3 Å². The summed E-state index contributed by atoms with van der Waals surface area (Å²) in [5.41, 5.74) is 0. The fraction of sp³-hybridized carbons (Fsp3) is 0.750. The number of nitrogens with one attached hydrogen (secondary N) is 1. The predicted octanol–water partition coefficient (Wildman–Crippen LogP) is 2.19. The maximum absolute atomic E-state index is 5.67. The molecule has 1 atom stereocenters. The molecule has 0 aliphatic carbocycles. The van der Waals surface area contributed by atoms with Crippen molar-refractivity contribution in [3.05, 3.63) is 11.1 Å². The van der Waals surface area contributed by atoms with Crippen molar-refractivity contribution < 1.29 is 4.74 Å². The van der Waals surface area contributed by atoms with Crippen LogP contribution in [0.15, 0.2) is 6.20 Å². The Labute approximate surface area is 107 Å². The van der Waals surface area contributed by atoms with Gasteiger partial charge < -0.3 is 10.1 Å². The van der Waals surface area contributed by atoms with Crippen molar-refractivity contribution in [2.24, 2.45) is 0 Å². The number of hydrogen-bond acceptors (Lipinski definition) is 5. The second-order valence-electron chi connectivity index (χ2n) is 4.30. The normalized spacial score (nSPS) is 21.6. The lowest BCUT2D eigenvalue weighted by Gasteiger charge is -2.31. The quantitative estimate of drug-likeness (QED) is 0.875. The van der Waals surface area contributed by atoms with Crippen molar-refractivity contribution in [1.29, 1.82) is 0 Å². The lowest BCUT2D eigenvalue weighted by molar-refractivity contribution is -0.0321. The summed E-state index contributed by atoms with van der Waals surface area (Å²) in [5, 5.41) is 4.28. The van der Waals surface area contributed by atoms with Crippen molar-refractivity contribution >= 4 is 16.5 Å². The van der Waals surface area contributed by atoms with E-state index in [9.17, 15) is 0 Å². The predicted molar refractivity (Wildman–Crippen MR) is 71.6 cm³/mol. The Morgan fingerprint density at radius 2 is 2.47 bits per heavy atom. The summed E-state index contributed by atoms with van der Waals surface area (Å²) in [7, 11) is 0. The zero-order chi connectivity index (χ0) is 12.1. The van der Waals surface area contributed by atoms with Gasteiger partial charge in [0.2, 0.25) is 0 Å². The molecule has 5 heteroatoms. The maximum atomic E-state index is 5.67. The molecule has 1 aliphatic heterocycles. The number of nitrogens with zero attached hydrogens (tertiary/aromatic N) is 2. The van der Waals surface area contributed by atoms with Crippen LogP contribution in [0.4, 0.5) is 5.13 Å². The minimum absolute atomic E-state index is 0.407. The molecule has 0 radical (unpaired) electrons. The van der Waals surface area contributed by atoms with Gasteiger partial charge in [-0.05, 0) is 13.3 Å². The van der Waals surface area contributed by atoms with Crippen LogP contribution in [0.25, 0.3) is 0 Å². The van der Waals surface area contributed by atoms with E-state index in [0.717, 1.165) is 44.3 Å². The summed E-state index contributed by atoms with van der Waals surface area (Å²) in [4.78, 5) is 8.15. The van der Waals surface area contributed by atoms with Gasteiger partial charge in [-0.3, -0.25) is 4.90 Å². The molecule has 1 fully saturated rings. The van der Waals surface area contributed by atoms with E-state index in [1.807, 2.05) is 6.20 Å². The third-order valence-electron chi connectivity index (χ3n) is 2.94. The van der Waals surface area contributed by atoms with Crippen LogP contribution in [-0.2, 0) is 11.3 Å². The zero-order valence-electron chi connectivity index (χ0n) is 10.6. The fourth-order valence-electron chi connectivity index (χ4n) is 2.00. The second kappa shape index (κ2) is 6.33. The summed E-state index contributed by atoms with van der Waals surface area (Å²) >= 11 is 1.76. The largest absolute Gasteiger partial charge is 0.376 e. The number of aromatic nitrogens is 1. The Kier molecular flexibility index (Phi) is 4.76. The Morgan fingerprint density at radius 1 is 1.59 bits per heavy atom. The molecule has 1 unspecified atom stereocenters. The molecule has 0 saturated carbocycles.